The highest BCUT2D eigenvalue weighted by Gasteiger charge is 2.01. The number of nitrogens with zero attached hydrogens (tertiary/aromatic N) is 5. The zero-order valence-electron chi connectivity index (χ0n) is 5.84. The van der Waals surface area contributed by atoms with E-state index < -0.39 is 5.91 Å². The average Bonchev–Trinajstić information content (AvgIpc) is 2.53. The third-order valence-electron chi connectivity index (χ3n) is 0.884. The third-order valence-corrected chi connectivity index (χ3v) is 1.49. The van der Waals surface area contributed by atoms with E-state index in [2.05, 4.69) is 25.5 Å². The van der Waals surface area contributed by atoms with Crippen LogP contribution in [-0.4, -0.2) is 22.6 Å². The summed E-state index contributed by atoms with van der Waals surface area (Å²) in [5, 5.41) is 12.9. The molecule has 0 saturated carbocycles. The normalized spacial score (nSPS) is 8.67. The molecule has 62 valence electrons. The number of rotatable bonds is 3. The fraction of sp³-hybridized carbons (Fsp3) is 0.250. The lowest BCUT2D eigenvalue weighted by molar-refractivity contribution is -0.114. The molecule has 0 aromatic carbocycles. The number of hydrogen-bond donors (Lipinski definition) is 1. The SMILES string of the molecule is [N-]=[N+]=NCC(=O)Nc1nncs1. The lowest BCUT2D eigenvalue weighted by Gasteiger charge is -1.93. The Morgan fingerprint density at radius 1 is 1.92 bits per heavy atom. The first-order valence-corrected chi connectivity index (χ1v) is 3.78. The summed E-state index contributed by atoms with van der Waals surface area (Å²) in [4.78, 5) is 13.3. The molecule has 0 fully saturated rings. The first-order chi connectivity index (χ1) is 5.83. The second kappa shape index (κ2) is 4.27. The van der Waals surface area contributed by atoms with Gasteiger partial charge in [0.25, 0.3) is 0 Å². The van der Waals surface area contributed by atoms with Crippen molar-refractivity contribution in [2.24, 2.45) is 5.11 Å². The number of carbonyl (C=O) groups excluding carboxylic acids is 1. The predicted molar refractivity (Wildman–Crippen MR) is 42.6 cm³/mol. The van der Waals surface area contributed by atoms with Gasteiger partial charge in [-0.3, -0.25) is 4.79 Å². The molecule has 1 heterocycles. The van der Waals surface area contributed by atoms with Gasteiger partial charge in [-0.15, -0.1) is 10.2 Å². The van der Waals surface area contributed by atoms with E-state index in [4.69, 9.17) is 5.53 Å². The van der Waals surface area contributed by atoms with Gasteiger partial charge in [-0.25, -0.2) is 0 Å². The fourth-order valence-corrected chi connectivity index (χ4v) is 0.943. The van der Waals surface area contributed by atoms with Gasteiger partial charge >= 0.3 is 0 Å². The molecule has 1 N–H and O–H groups in total. The van der Waals surface area contributed by atoms with E-state index in [0.717, 1.165) is 0 Å². The molecule has 1 aromatic rings. The zero-order valence-corrected chi connectivity index (χ0v) is 6.65. The molecular weight excluding hydrogens is 180 g/mol. The van der Waals surface area contributed by atoms with E-state index in [9.17, 15) is 4.79 Å². The van der Waals surface area contributed by atoms with Crippen LogP contribution in [0.5, 0.6) is 0 Å². The number of carbonyl (C=O) groups is 1. The summed E-state index contributed by atoms with van der Waals surface area (Å²) in [5.41, 5.74) is 9.38. The molecule has 0 saturated heterocycles. The molecule has 0 bridgehead atoms. The van der Waals surface area contributed by atoms with Gasteiger partial charge in [-0.2, -0.15) is 0 Å². The summed E-state index contributed by atoms with van der Waals surface area (Å²) in [6.45, 7) is -0.226. The molecule has 0 radical (unpaired) electrons. The highest BCUT2D eigenvalue weighted by Crippen LogP contribution is 2.06. The minimum absolute atomic E-state index is 0.226. The van der Waals surface area contributed by atoms with Crippen LogP contribution in [0.4, 0.5) is 5.13 Å². The van der Waals surface area contributed by atoms with E-state index >= 15 is 0 Å². The minimum atomic E-state index is -0.399. The van der Waals surface area contributed by atoms with Crippen LogP contribution in [-0.2, 0) is 4.79 Å². The smallest absolute Gasteiger partial charge is 0.232 e. The van der Waals surface area contributed by atoms with Crippen LogP contribution in [0.15, 0.2) is 10.6 Å². The number of hydrogen-bond acceptors (Lipinski definition) is 5. The molecule has 12 heavy (non-hydrogen) atoms. The summed E-state index contributed by atoms with van der Waals surface area (Å²) in [6.07, 6.45) is 0. The predicted octanol–water partition coefficient (Wildman–Crippen LogP) is 0.787. The van der Waals surface area contributed by atoms with Crippen molar-refractivity contribution >= 4 is 22.4 Å². The zero-order chi connectivity index (χ0) is 8.81. The van der Waals surface area contributed by atoms with E-state index in [1.807, 2.05) is 0 Å². The molecule has 0 aliphatic carbocycles. The first kappa shape index (κ1) is 8.44. The summed E-state index contributed by atoms with van der Waals surface area (Å²) < 4.78 is 0. The van der Waals surface area contributed by atoms with Crippen molar-refractivity contribution in [2.45, 2.75) is 0 Å². The Labute approximate surface area is 71.1 Å². The van der Waals surface area contributed by atoms with Crippen molar-refractivity contribution in [3.63, 3.8) is 0 Å². The second-order valence-electron chi connectivity index (χ2n) is 1.68. The van der Waals surface area contributed by atoms with Crippen LogP contribution < -0.4 is 5.32 Å². The molecule has 1 aromatic heterocycles. The Kier molecular flexibility index (Phi) is 3.00. The molecule has 1 rings (SSSR count). The molecule has 7 nitrogen and oxygen atoms in total. The standard InChI is InChI=1S/C4H4N6OS/c5-10-6-1-3(11)8-4-9-7-2-12-4/h2H,1H2,(H,8,9,11). The van der Waals surface area contributed by atoms with Gasteiger partial charge in [0.1, 0.15) is 12.1 Å². The number of azide groups is 1. The van der Waals surface area contributed by atoms with Crippen molar-refractivity contribution in [3.8, 4) is 0 Å². The second-order valence-corrected chi connectivity index (χ2v) is 2.51. The van der Waals surface area contributed by atoms with Crippen LogP contribution in [0.1, 0.15) is 0 Å². The highest BCUT2D eigenvalue weighted by atomic mass is 32.1. The molecule has 1 amide bonds. The van der Waals surface area contributed by atoms with Crippen molar-refractivity contribution in [1.29, 1.82) is 0 Å². The molecule has 0 atom stereocenters. The van der Waals surface area contributed by atoms with Crippen LogP contribution >= 0.6 is 11.3 Å². The Balaban J connectivity index is 2.42. The molecule has 8 heteroatoms. The van der Waals surface area contributed by atoms with E-state index in [1.54, 1.807) is 0 Å². The summed E-state index contributed by atoms with van der Waals surface area (Å²) in [5.74, 6) is -0.399. The Hall–Kier alpha value is -1.66. The number of amides is 1. The summed E-state index contributed by atoms with van der Waals surface area (Å²) >= 11 is 1.20. The van der Waals surface area contributed by atoms with Crippen molar-refractivity contribution in [3.05, 3.63) is 16.0 Å². The van der Waals surface area contributed by atoms with Crippen molar-refractivity contribution in [1.82, 2.24) is 10.2 Å². The number of nitrogens with one attached hydrogen (secondary N) is 1. The lowest BCUT2D eigenvalue weighted by Crippen LogP contribution is -2.13. The van der Waals surface area contributed by atoms with Gasteiger partial charge in [0, 0.05) is 4.91 Å². The van der Waals surface area contributed by atoms with Gasteiger partial charge < -0.3 is 5.32 Å². The molecule has 0 unspecified atom stereocenters. The molecule has 0 aliphatic heterocycles. The Morgan fingerprint density at radius 3 is 3.33 bits per heavy atom. The molecular formula is C4H4N6OS. The van der Waals surface area contributed by atoms with Crippen molar-refractivity contribution < 1.29 is 4.79 Å². The average molecular weight is 184 g/mol. The molecule has 0 aliphatic rings. The Morgan fingerprint density at radius 2 is 2.75 bits per heavy atom. The number of anilines is 1. The molecule has 0 spiro atoms. The van der Waals surface area contributed by atoms with E-state index in [-0.39, 0.29) is 6.54 Å². The topological polar surface area (TPSA) is 104 Å². The van der Waals surface area contributed by atoms with Crippen LogP contribution in [0.2, 0.25) is 0 Å². The van der Waals surface area contributed by atoms with Gasteiger partial charge in [0.2, 0.25) is 11.0 Å². The van der Waals surface area contributed by atoms with Gasteiger partial charge in [-0.1, -0.05) is 16.5 Å². The maximum atomic E-state index is 10.8. The van der Waals surface area contributed by atoms with Crippen molar-refractivity contribution in [2.75, 3.05) is 11.9 Å². The number of aromatic nitrogens is 2. The third kappa shape index (κ3) is 2.52. The van der Waals surface area contributed by atoms with Gasteiger partial charge in [0.05, 0.1) is 0 Å². The van der Waals surface area contributed by atoms with E-state index in [0.29, 0.717) is 5.13 Å². The van der Waals surface area contributed by atoms with Crippen LogP contribution in [0, 0.1) is 0 Å². The maximum Gasteiger partial charge on any atom is 0.232 e. The largest absolute Gasteiger partial charge is 0.300 e. The van der Waals surface area contributed by atoms with Crippen LogP contribution in [0.25, 0.3) is 10.4 Å². The first-order valence-electron chi connectivity index (χ1n) is 2.90. The minimum Gasteiger partial charge on any atom is -0.300 e. The van der Waals surface area contributed by atoms with Gasteiger partial charge in [-0.05, 0) is 5.53 Å². The Bertz CT molecular complexity index is 301. The lowest BCUT2D eigenvalue weighted by atomic mass is 10.6. The monoisotopic (exact) mass is 184 g/mol. The summed E-state index contributed by atoms with van der Waals surface area (Å²) in [7, 11) is 0. The maximum absolute atomic E-state index is 10.8. The highest BCUT2D eigenvalue weighted by molar-refractivity contribution is 7.13. The fourth-order valence-electron chi connectivity index (χ4n) is 0.482. The van der Waals surface area contributed by atoms with Crippen LogP contribution in [0.3, 0.4) is 0 Å². The quantitative estimate of drug-likeness (QED) is 0.426. The van der Waals surface area contributed by atoms with E-state index in [1.165, 1.54) is 16.8 Å². The summed E-state index contributed by atoms with van der Waals surface area (Å²) in [6, 6.07) is 0. The van der Waals surface area contributed by atoms with Gasteiger partial charge in [0.15, 0.2) is 0 Å².